The SMILES string of the molecule is Cc1cnc(-n2cccc2C#N)nc1. The topological polar surface area (TPSA) is 54.5 Å². The van der Waals surface area contributed by atoms with Crippen molar-refractivity contribution in [3.8, 4) is 12.0 Å². The van der Waals surface area contributed by atoms with Crippen LogP contribution in [0.15, 0.2) is 30.7 Å². The molecule has 4 nitrogen and oxygen atoms in total. The third-order valence-corrected chi connectivity index (χ3v) is 1.85. The molecule has 0 saturated carbocycles. The van der Waals surface area contributed by atoms with Crippen molar-refractivity contribution in [2.24, 2.45) is 0 Å². The van der Waals surface area contributed by atoms with Crippen LogP contribution in [-0.2, 0) is 0 Å². The van der Waals surface area contributed by atoms with Crippen molar-refractivity contribution in [3.63, 3.8) is 0 Å². The highest BCUT2D eigenvalue weighted by Gasteiger charge is 2.03. The maximum atomic E-state index is 8.80. The Morgan fingerprint density at radius 1 is 1.36 bits per heavy atom. The molecule has 0 unspecified atom stereocenters. The second kappa shape index (κ2) is 3.30. The molecule has 2 heterocycles. The van der Waals surface area contributed by atoms with Gasteiger partial charge in [-0.1, -0.05) is 0 Å². The lowest BCUT2D eigenvalue weighted by atomic mass is 10.4. The van der Waals surface area contributed by atoms with E-state index >= 15 is 0 Å². The lowest BCUT2D eigenvalue weighted by molar-refractivity contribution is 0.914. The van der Waals surface area contributed by atoms with Gasteiger partial charge in [0.15, 0.2) is 0 Å². The molecule has 68 valence electrons. The van der Waals surface area contributed by atoms with Crippen LogP contribution in [0, 0.1) is 18.3 Å². The quantitative estimate of drug-likeness (QED) is 0.674. The van der Waals surface area contributed by atoms with Crippen LogP contribution < -0.4 is 0 Å². The molecule has 4 heteroatoms. The predicted molar refractivity (Wildman–Crippen MR) is 50.8 cm³/mol. The normalized spacial score (nSPS) is 9.71. The summed E-state index contributed by atoms with van der Waals surface area (Å²) in [6.07, 6.45) is 5.22. The summed E-state index contributed by atoms with van der Waals surface area (Å²) in [6.45, 7) is 1.92. The van der Waals surface area contributed by atoms with Gasteiger partial charge in [-0.2, -0.15) is 5.26 Å². The predicted octanol–water partition coefficient (Wildman–Crippen LogP) is 1.45. The molecule has 2 rings (SSSR count). The van der Waals surface area contributed by atoms with Gasteiger partial charge in [-0.3, -0.25) is 4.57 Å². The Labute approximate surface area is 81.5 Å². The van der Waals surface area contributed by atoms with Gasteiger partial charge in [0.25, 0.3) is 0 Å². The Morgan fingerprint density at radius 3 is 2.71 bits per heavy atom. The Kier molecular flexibility index (Phi) is 1.99. The monoisotopic (exact) mass is 184 g/mol. The molecule has 0 bridgehead atoms. The van der Waals surface area contributed by atoms with Crippen LogP contribution >= 0.6 is 0 Å². The second-order valence-electron chi connectivity index (χ2n) is 2.94. The van der Waals surface area contributed by atoms with Crippen molar-refractivity contribution < 1.29 is 0 Å². The van der Waals surface area contributed by atoms with Gasteiger partial charge in [0.2, 0.25) is 5.95 Å². The van der Waals surface area contributed by atoms with Crippen LogP contribution in [0.1, 0.15) is 11.3 Å². The molecular formula is C10H8N4. The van der Waals surface area contributed by atoms with Crippen molar-refractivity contribution in [2.45, 2.75) is 6.92 Å². The van der Waals surface area contributed by atoms with Crippen molar-refractivity contribution >= 4 is 0 Å². The largest absolute Gasteiger partial charge is 0.276 e. The van der Waals surface area contributed by atoms with Gasteiger partial charge < -0.3 is 0 Å². The van der Waals surface area contributed by atoms with Crippen LogP contribution in [0.2, 0.25) is 0 Å². The summed E-state index contributed by atoms with van der Waals surface area (Å²) in [5, 5.41) is 8.80. The fraction of sp³-hybridized carbons (Fsp3) is 0.100. The summed E-state index contributed by atoms with van der Waals surface area (Å²) < 4.78 is 1.65. The first kappa shape index (κ1) is 8.45. The standard InChI is InChI=1S/C10H8N4/c1-8-6-12-10(13-7-8)14-4-2-3-9(14)5-11/h2-4,6-7H,1H3. The van der Waals surface area contributed by atoms with Crippen LogP contribution in [0.4, 0.5) is 0 Å². The zero-order valence-corrected chi connectivity index (χ0v) is 7.68. The van der Waals surface area contributed by atoms with E-state index in [4.69, 9.17) is 5.26 Å². The first-order valence-corrected chi connectivity index (χ1v) is 4.18. The molecule has 2 aromatic heterocycles. The van der Waals surface area contributed by atoms with Crippen LogP contribution in [0.3, 0.4) is 0 Å². The minimum atomic E-state index is 0.525. The lowest BCUT2D eigenvalue weighted by Crippen LogP contribution is -2.01. The van der Waals surface area contributed by atoms with Crippen molar-refractivity contribution in [2.75, 3.05) is 0 Å². The molecule has 0 spiro atoms. The van der Waals surface area contributed by atoms with E-state index < -0.39 is 0 Å². The summed E-state index contributed by atoms with van der Waals surface area (Å²) in [5.74, 6) is 0.525. The number of rotatable bonds is 1. The van der Waals surface area contributed by atoms with E-state index in [0.717, 1.165) is 5.56 Å². The van der Waals surface area contributed by atoms with E-state index in [2.05, 4.69) is 16.0 Å². The second-order valence-corrected chi connectivity index (χ2v) is 2.94. The summed E-state index contributed by atoms with van der Waals surface area (Å²) in [7, 11) is 0. The molecule has 0 radical (unpaired) electrons. The van der Waals surface area contributed by atoms with E-state index in [9.17, 15) is 0 Å². The molecule has 0 aliphatic carbocycles. The van der Waals surface area contributed by atoms with Gasteiger partial charge in [0.1, 0.15) is 11.8 Å². The third-order valence-electron chi connectivity index (χ3n) is 1.85. The maximum Gasteiger partial charge on any atom is 0.234 e. The van der Waals surface area contributed by atoms with E-state index in [1.54, 1.807) is 35.3 Å². The summed E-state index contributed by atoms with van der Waals surface area (Å²) in [4.78, 5) is 8.26. The van der Waals surface area contributed by atoms with Gasteiger partial charge >= 0.3 is 0 Å². The molecule has 14 heavy (non-hydrogen) atoms. The summed E-state index contributed by atoms with van der Waals surface area (Å²) in [5.41, 5.74) is 1.54. The molecule has 0 atom stereocenters. The van der Waals surface area contributed by atoms with Gasteiger partial charge in [0, 0.05) is 18.6 Å². The van der Waals surface area contributed by atoms with E-state index in [1.165, 1.54) is 0 Å². The molecule has 0 N–H and O–H groups in total. The highest BCUT2D eigenvalue weighted by Crippen LogP contribution is 2.06. The van der Waals surface area contributed by atoms with Crippen LogP contribution in [-0.4, -0.2) is 14.5 Å². The third kappa shape index (κ3) is 1.36. The number of aryl methyl sites for hydroxylation is 1. The summed E-state index contributed by atoms with van der Waals surface area (Å²) >= 11 is 0. The average molecular weight is 184 g/mol. The van der Waals surface area contributed by atoms with E-state index in [-0.39, 0.29) is 0 Å². The van der Waals surface area contributed by atoms with Crippen LogP contribution in [0.25, 0.3) is 5.95 Å². The molecule has 0 saturated heterocycles. The molecule has 0 amide bonds. The smallest absolute Gasteiger partial charge is 0.234 e. The number of hydrogen-bond donors (Lipinski definition) is 0. The highest BCUT2D eigenvalue weighted by atomic mass is 15.1. The highest BCUT2D eigenvalue weighted by molar-refractivity contribution is 5.29. The molecule has 0 fully saturated rings. The van der Waals surface area contributed by atoms with Crippen molar-refractivity contribution in [3.05, 3.63) is 42.0 Å². The Bertz CT molecular complexity index is 476. The number of nitrogens with zero attached hydrogens (tertiary/aromatic N) is 4. The van der Waals surface area contributed by atoms with Gasteiger partial charge in [-0.15, -0.1) is 0 Å². The Hall–Kier alpha value is -2.15. The van der Waals surface area contributed by atoms with E-state index in [1.807, 2.05) is 6.92 Å². The van der Waals surface area contributed by atoms with Crippen LogP contribution in [0.5, 0.6) is 0 Å². The van der Waals surface area contributed by atoms with Gasteiger partial charge in [-0.05, 0) is 24.6 Å². The summed E-state index contributed by atoms with van der Waals surface area (Å²) in [6, 6.07) is 5.59. The number of nitriles is 1. The minimum absolute atomic E-state index is 0.525. The zero-order chi connectivity index (χ0) is 9.97. The first-order valence-electron chi connectivity index (χ1n) is 4.18. The van der Waals surface area contributed by atoms with E-state index in [0.29, 0.717) is 11.6 Å². The molecular weight excluding hydrogens is 176 g/mol. The average Bonchev–Trinajstić information content (AvgIpc) is 2.67. The maximum absolute atomic E-state index is 8.80. The van der Waals surface area contributed by atoms with Crippen molar-refractivity contribution in [1.82, 2.24) is 14.5 Å². The molecule has 2 aromatic rings. The molecule has 0 aliphatic rings. The zero-order valence-electron chi connectivity index (χ0n) is 7.68. The Morgan fingerprint density at radius 2 is 2.07 bits per heavy atom. The fourth-order valence-electron chi connectivity index (χ4n) is 1.16. The number of aromatic nitrogens is 3. The number of hydrogen-bond acceptors (Lipinski definition) is 3. The Balaban J connectivity index is 2.50. The van der Waals surface area contributed by atoms with Crippen molar-refractivity contribution in [1.29, 1.82) is 5.26 Å². The minimum Gasteiger partial charge on any atom is -0.276 e. The first-order chi connectivity index (χ1) is 6.81. The molecule has 0 aromatic carbocycles. The molecule has 0 aliphatic heterocycles. The lowest BCUT2D eigenvalue weighted by Gasteiger charge is -2.01. The van der Waals surface area contributed by atoms with Gasteiger partial charge in [-0.25, -0.2) is 9.97 Å². The fourth-order valence-corrected chi connectivity index (χ4v) is 1.16. The van der Waals surface area contributed by atoms with Gasteiger partial charge in [0.05, 0.1) is 0 Å².